The fraction of sp³-hybridized carbons (Fsp3) is 0.412. The average molecular weight is 299 g/mol. The second kappa shape index (κ2) is 6.32. The predicted molar refractivity (Wildman–Crippen MR) is 86.9 cm³/mol. The summed E-state index contributed by atoms with van der Waals surface area (Å²) in [4.78, 5) is 26.4. The van der Waals surface area contributed by atoms with Crippen LogP contribution in [0.2, 0.25) is 0 Å². The topological polar surface area (TPSA) is 54.3 Å². The van der Waals surface area contributed by atoms with E-state index in [1.165, 1.54) is 6.07 Å². The van der Waals surface area contributed by atoms with E-state index in [4.69, 9.17) is 0 Å². The Kier molecular flexibility index (Phi) is 4.24. The van der Waals surface area contributed by atoms with Crippen molar-refractivity contribution in [2.75, 3.05) is 20.1 Å². The molecular formula is C17H21N3O2. The number of nitrogens with zero attached hydrogens (tertiary/aromatic N) is 2. The monoisotopic (exact) mass is 299 g/mol. The number of hydrogen-bond donors (Lipinski definition) is 1. The number of nitrogens with one attached hydrogen (secondary N) is 1. The predicted octanol–water partition coefficient (Wildman–Crippen LogP) is 1.21. The Morgan fingerprint density at radius 3 is 2.95 bits per heavy atom. The highest BCUT2D eigenvalue weighted by atomic mass is 16.2. The first kappa shape index (κ1) is 14.8. The lowest BCUT2D eigenvalue weighted by atomic mass is 10.1. The maximum Gasteiger partial charge on any atom is 0.242 e. The average Bonchev–Trinajstić information content (AvgIpc) is 2.57. The molecule has 1 unspecified atom stereocenters. The van der Waals surface area contributed by atoms with Gasteiger partial charge in [0.1, 0.15) is 6.54 Å². The van der Waals surface area contributed by atoms with Crippen LogP contribution in [0.3, 0.4) is 0 Å². The molecule has 5 nitrogen and oxygen atoms in total. The lowest BCUT2D eigenvalue weighted by molar-refractivity contribution is -0.133. The summed E-state index contributed by atoms with van der Waals surface area (Å²) in [5.41, 5.74) is 0.804. The Labute approximate surface area is 129 Å². The molecule has 5 heteroatoms. The highest BCUT2D eigenvalue weighted by Gasteiger charge is 2.22. The zero-order valence-corrected chi connectivity index (χ0v) is 12.8. The van der Waals surface area contributed by atoms with Gasteiger partial charge in [0.2, 0.25) is 5.91 Å². The van der Waals surface area contributed by atoms with E-state index in [-0.39, 0.29) is 17.9 Å². The number of likely N-dealkylation sites (N-methyl/N-ethyl adjacent to an activating group) is 1. The van der Waals surface area contributed by atoms with Crippen LogP contribution in [0.25, 0.3) is 10.9 Å². The molecule has 1 saturated heterocycles. The summed E-state index contributed by atoms with van der Waals surface area (Å²) in [5, 5.41) is 3.90. The number of carbonyl (C=O) groups is 1. The Morgan fingerprint density at radius 1 is 1.32 bits per heavy atom. The van der Waals surface area contributed by atoms with Crippen molar-refractivity contribution < 1.29 is 4.79 Å². The molecule has 0 aliphatic carbocycles. The highest BCUT2D eigenvalue weighted by molar-refractivity contribution is 5.82. The zero-order valence-electron chi connectivity index (χ0n) is 12.8. The van der Waals surface area contributed by atoms with Crippen molar-refractivity contribution in [1.29, 1.82) is 0 Å². The molecule has 2 heterocycles. The van der Waals surface area contributed by atoms with Gasteiger partial charge in [0.05, 0.1) is 5.52 Å². The van der Waals surface area contributed by atoms with E-state index in [1.807, 2.05) is 34.7 Å². The Balaban J connectivity index is 1.83. The minimum Gasteiger partial charge on any atom is -0.340 e. The Bertz CT molecular complexity index is 738. The molecule has 1 N–H and O–H groups in total. The van der Waals surface area contributed by atoms with Crippen LogP contribution in [-0.2, 0) is 11.3 Å². The van der Waals surface area contributed by atoms with Crippen molar-refractivity contribution in [3.8, 4) is 0 Å². The third-order valence-electron chi connectivity index (χ3n) is 4.37. The van der Waals surface area contributed by atoms with E-state index >= 15 is 0 Å². The molecule has 2 aromatic rings. The summed E-state index contributed by atoms with van der Waals surface area (Å²) in [5.74, 6) is 0.105. The third kappa shape index (κ3) is 2.90. The highest BCUT2D eigenvalue weighted by Crippen LogP contribution is 2.13. The Morgan fingerprint density at radius 2 is 2.14 bits per heavy atom. The first-order chi connectivity index (χ1) is 10.7. The minimum atomic E-state index is -0.00693. The molecular weight excluding hydrogens is 278 g/mol. The normalized spacial score (nSPS) is 18.6. The number of hydrogen-bond acceptors (Lipinski definition) is 3. The number of likely N-dealkylation sites (tertiary alicyclic amines) is 1. The van der Waals surface area contributed by atoms with E-state index in [0.29, 0.717) is 11.4 Å². The molecule has 0 bridgehead atoms. The van der Waals surface area contributed by atoms with Crippen molar-refractivity contribution in [3.05, 3.63) is 46.8 Å². The van der Waals surface area contributed by atoms with Crippen LogP contribution < -0.4 is 10.7 Å². The molecule has 1 aromatic heterocycles. The molecule has 1 amide bonds. The second-order valence-electron chi connectivity index (χ2n) is 5.79. The number of para-hydroxylation sites is 1. The van der Waals surface area contributed by atoms with Crippen molar-refractivity contribution in [1.82, 2.24) is 14.8 Å². The van der Waals surface area contributed by atoms with E-state index in [0.717, 1.165) is 31.4 Å². The summed E-state index contributed by atoms with van der Waals surface area (Å²) in [6.45, 7) is 1.85. The van der Waals surface area contributed by atoms with Crippen molar-refractivity contribution in [2.45, 2.75) is 25.4 Å². The number of aromatic nitrogens is 1. The third-order valence-corrected chi connectivity index (χ3v) is 4.37. The van der Waals surface area contributed by atoms with Crippen LogP contribution in [0.5, 0.6) is 0 Å². The molecule has 116 valence electrons. The van der Waals surface area contributed by atoms with E-state index in [9.17, 15) is 9.59 Å². The van der Waals surface area contributed by atoms with Crippen molar-refractivity contribution >= 4 is 16.8 Å². The molecule has 1 fully saturated rings. The molecule has 1 aromatic carbocycles. The first-order valence-corrected chi connectivity index (χ1v) is 7.72. The standard InChI is InChI=1S/C17H21N3O2/c1-18-13-5-4-9-20(11-13)17(22)12-19-10-8-16(21)14-6-2-3-7-15(14)19/h2-3,6-8,10,13,18H,4-5,9,11-12H2,1H3. The van der Waals surface area contributed by atoms with Gasteiger partial charge in [-0.1, -0.05) is 12.1 Å². The van der Waals surface area contributed by atoms with Crippen LogP contribution in [0.1, 0.15) is 12.8 Å². The summed E-state index contributed by atoms with van der Waals surface area (Å²) in [6, 6.07) is 9.33. The SMILES string of the molecule is CNC1CCCN(C(=O)Cn2ccc(=O)c3ccccc32)C1. The van der Waals surface area contributed by atoms with Gasteiger partial charge in [-0.3, -0.25) is 9.59 Å². The van der Waals surface area contributed by atoms with Gasteiger partial charge in [-0.05, 0) is 32.0 Å². The quantitative estimate of drug-likeness (QED) is 0.927. The number of fused-ring (bicyclic) bond motifs is 1. The maximum absolute atomic E-state index is 12.6. The van der Waals surface area contributed by atoms with Crippen LogP contribution in [0, 0.1) is 0 Å². The lowest BCUT2D eigenvalue weighted by Gasteiger charge is -2.32. The van der Waals surface area contributed by atoms with E-state index in [1.54, 1.807) is 12.3 Å². The van der Waals surface area contributed by atoms with Gasteiger partial charge in [-0.15, -0.1) is 0 Å². The van der Waals surface area contributed by atoms with Crippen LogP contribution in [0.4, 0.5) is 0 Å². The van der Waals surface area contributed by atoms with Gasteiger partial charge >= 0.3 is 0 Å². The fourth-order valence-corrected chi connectivity index (χ4v) is 3.08. The first-order valence-electron chi connectivity index (χ1n) is 7.72. The summed E-state index contributed by atoms with van der Waals surface area (Å²) in [6.07, 6.45) is 3.85. The molecule has 0 saturated carbocycles. The van der Waals surface area contributed by atoms with Gasteiger partial charge in [-0.2, -0.15) is 0 Å². The second-order valence-corrected chi connectivity index (χ2v) is 5.79. The number of pyridine rings is 1. The molecule has 22 heavy (non-hydrogen) atoms. The summed E-state index contributed by atoms with van der Waals surface area (Å²) >= 11 is 0. The largest absolute Gasteiger partial charge is 0.340 e. The Hall–Kier alpha value is -2.14. The zero-order chi connectivity index (χ0) is 15.5. The smallest absolute Gasteiger partial charge is 0.242 e. The number of carbonyl (C=O) groups excluding carboxylic acids is 1. The number of rotatable bonds is 3. The molecule has 1 aliphatic rings. The van der Waals surface area contributed by atoms with Crippen LogP contribution >= 0.6 is 0 Å². The number of piperidine rings is 1. The summed E-state index contributed by atoms with van der Waals surface area (Å²) < 4.78 is 1.86. The molecule has 1 aliphatic heterocycles. The molecule has 0 radical (unpaired) electrons. The van der Waals surface area contributed by atoms with E-state index in [2.05, 4.69) is 5.32 Å². The fourth-order valence-electron chi connectivity index (χ4n) is 3.08. The lowest BCUT2D eigenvalue weighted by Crippen LogP contribution is -2.47. The maximum atomic E-state index is 12.6. The molecule has 0 spiro atoms. The van der Waals surface area contributed by atoms with Gasteiger partial charge in [0.15, 0.2) is 5.43 Å². The van der Waals surface area contributed by atoms with Crippen molar-refractivity contribution in [2.24, 2.45) is 0 Å². The van der Waals surface area contributed by atoms with Gasteiger partial charge in [0.25, 0.3) is 0 Å². The van der Waals surface area contributed by atoms with Gasteiger partial charge in [0, 0.05) is 36.8 Å². The minimum absolute atomic E-state index is 0.00693. The molecule has 3 rings (SSSR count). The van der Waals surface area contributed by atoms with Gasteiger partial charge < -0.3 is 14.8 Å². The molecule has 1 atom stereocenters. The number of benzene rings is 1. The van der Waals surface area contributed by atoms with Crippen molar-refractivity contribution in [3.63, 3.8) is 0 Å². The van der Waals surface area contributed by atoms with E-state index < -0.39 is 0 Å². The number of amides is 1. The van der Waals surface area contributed by atoms with Gasteiger partial charge in [-0.25, -0.2) is 0 Å². The van der Waals surface area contributed by atoms with Crippen LogP contribution in [-0.4, -0.2) is 41.6 Å². The van der Waals surface area contributed by atoms with Crippen LogP contribution in [0.15, 0.2) is 41.3 Å². The summed E-state index contributed by atoms with van der Waals surface area (Å²) in [7, 11) is 1.94.